The molecule has 1 saturated heterocycles. The topological polar surface area (TPSA) is 167 Å². The fourth-order valence-electron chi connectivity index (χ4n) is 4.98. The van der Waals surface area contributed by atoms with Crippen LogP contribution in [0.15, 0.2) is 89.1 Å². The van der Waals surface area contributed by atoms with E-state index in [0.29, 0.717) is 53.2 Å². The molecule has 15 heteroatoms. The summed E-state index contributed by atoms with van der Waals surface area (Å²) in [5, 5.41) is 11.8. The summed E-state index contributed by atoms with van der Waals surface area (Å²) in [6.45, 7) is 0.908. The highest BCUT2D eigenvalue weighted by Crippen LogP contribution is 2.31. The summed E-state index contributed by atoms with van der Waals surface area (Å²) in [6, 6.07) is 23.7. The van der Waals surface area contributed by atoms with Crippen LogP contribution in [0.1, 0.15) is 54.8 Å². The van der Waals surface area contributed by atoms with Gasteiger partial charge < -0.3 is 15.8 Å². The van der Waals surface area contributed by atoms with Gasteiger partial charge in [-0.25, -0.2) is 17.9 Å². The summed E-state index contributed by atoms with van der Waals surface area (Å²) in [6.07, 6.45) is 1.15. The van der Waals surface area contributed by atoms with Gasteiger partial charge in [-0.05, 0) is 79.6 Å². The Bertz CT molecular complexity index is 1990. The van der Waals surface area contributed by atoms with Crippen LogP contribution in [-0.4, -0.2) is 65.7 Å². The Morgan fingerprint density at radius 2 is 1.64 bits per heavy atom. The second-order valence-electron chi connectivity index (χ2n) is 10.5. The van der Waals surface area contributed by atoms with Crippen molar-refractivity contribution >= 4 is 61.8 Å². The molecular formula is C32H31ClN6O6S2. The molecular weight excluding hydrogens is 664 g/mol. The van der Waals surface area contributed by atoms with E-state index in [9.17, 15) is 22.8 Å². The molecule has 0 spiro atoms. The highest BCUT2D eigenvalue weighted by Gasteiger charge is 2.32. The van der Waals surface area contributed by atoms with E-state index in [4.69, 9.17) is 22.1 Å². The molecule has 12 nitrogen and oxygen atoms in total. The molecule has 6 rings (SSSR count). The first-order valence-electron chi connectivity index (χ1n) is 14.5. The summed E-state index contributed by atoms with van der Waals surface area (Å²) in [4.78, 5) is 35.3. The minimum Gasteiger partial charge on any atom is -0.465 e. The van der Waals surface area contributed by atoms with Gasteiger partial charge in [0, 0.05) is 34.1 Å². The van der Waals surface area contributed by atoms with Crippen molar-refractivity contribution in [3.63, 3.8) is 0 Å². The van der Waals surface area contributed by atoms with E-state index in [1.807, 2.05) is 6.07 Å². The molecule has 1 aliphatic heterocycles. The molecule has 47 heavy (non-hydrogen) atoms. The molecule has 0 unspecified atom stereocenters. The third kappa shape index (κ3) is 8.03. The van der Waals surface area contributed by atoms with Crippen LogP contribution >= 0.6 is 22.9 Å². The number of rotatable bonds is 8. The van der Waals surface area contributed by atoms with Crippen molar-refractivity contribution in [2.45, 2.75) is 29.6 Å². The molecule has 0 bridgehead atoms. The number of esters is 1. The molecule has 3 heterocycles. The van der Waals surface area contributed by atoms with Crippen LogP contribution in [0.25, 0.3) is 11.0 Å². The van der Waals surface area contributed by atoms with Gasteiger partial charge in [0.25, 0.3) is 15.9 Å². The second-order valence-corrected chi connectivity index (χ2v) is 14.3. The SMILES string of the molecule is COC(=O)c1ccc2c(c1)nnn2C1CCN(S(=O)(=O)c2ccc(CNC(=O)c3ccc(Cl)cc3)s2)CC1.NC(=O)c1ccccc1. The quantitative estimate of drug-likeness (QED) is 0.221. The average Bonchev–Trinajstić information content (AvgIpc) is 3.76. The number of sulfonamides is 1. The summed E-state index contributed by atoms with van der Waals surface area (Å²) in [7, 11) is -2.34. The number of halogens is 1. The van der Waals surface area contributed by atoms with Gasteiger partial charge >= 0.3 is 5.97 Å². The Labute approximate surface area is 280 Å². The second kappa shape index (κ2) is 14.9. The van der Waals surface area contributed by atoms with E-state index in [-0.39, 0.29) is 28.6 Å². The Morgan fingerprint density at radius 1 is 0.957 bits per heavy atom. The lowest BCUT2D eigenvalue weighted by atomic mass is 10.1. The average molecular weight is 695 g/mol. The first-order valence-corrected chi connectivity index (χ1v) is 17.1. The van der Waals surface area contributed by atoms with Crippen molar-refractivity contribution in [2.24, 2.45) is 5.73 Å². The lowest BCUT2D eigenvalue weighted by Gasteiger charge is -2.30. The number of aromatic nitrogens is 3. The normalized spacial score (nSPS) is 13.8. The monoisotopic (exact) mass is 694 g/mol. The molecule has 0 saturated carbocycles. The van der Waals surface area contributed by atoms with Crippen LogP contribution in [-0.2, 0) is 21.3 Å². The predicted octanol–water partition coefficient (Wildman–Crippen LogP) is 4.67. The molecule has 5 aromatic rings. The Kier molecular flexibility index (Phi) is 10.7. The van der Waals surface area contributed by atoms with Crippen LogP contribution in [0.4, 0.5) is 0 Å². The fourth-order valence-corrected chi connectivity index (χ4v) is 8.02. The van der Waals surface area contributed by atoms with E-state index in [2.05, 4.69) is 15.6 Å². The van der Waals surface area contributed by atoms with E-state index < -0.39 is 16.0 Å². The maximum absolute atomic E-state index is 13.3. The Balaban J connectivity index is 0.000000417. The zero-order valence-electron chi connectivity index (χ0n) is 25.2. The number of hydrogen-bond donors (Lipinski definition) is 2. The smallest absolute Gasteiger partial charge is 0.337 e. The van der Waals surface area contributed by atoms with Gasteiger partial charge in [-0.15, -0.1) is 16.4 Å². The maximum atomic E-state index is 13.3. The number of nitrogens with two attached hydrogens (primary N) is 1. The van der Waals surface area contributed by atoms with Crippen molar-refractivity contribution in [1.29, 1.82) is 0 Å². The molecule has 2 amide bonds. The van der Waals surface area contributed by atoms with Crippen LogP contribution in [0.5, 0.6) is 0 Å². The number of hydrogen-bond acceptors (Lipinski definition) is 9. The molecule has 1 aliphatic rings. The minimum atomic E-state index is -3.66. The maximum Gasteiger partial charge on any atom is 0.337 e. The van der Waals surface area contributed by atoms with Crippen molar-refractivity contribution in [2.75, 3.05) is 20.2 Å². The summed E-state index contributed by atoms with van der Waals surface area (Å²) >= 11 is 7.01. The number of carbonyl (C=O) groups excluding carboxylic acids is 3. The number of amides is 2. The molecule has 1 fully saturated rings. The van der Waals surface area contributed by atoms with Crippen LogP contribution in [0, 0.1) is 0 Å². The minimum absolute atomic E-state index is 0.0163. The number of fused-ring (bicyclic) bond motifs is 1. The Morgan fingerprint density at radius 3 is 2.28 bits per heavy atom. The lowest BCUT2D eigenvalue weighted by Crippen LogP contribution is -2.38. The highest BCUT2D eigenvalue weighted by molar-refractivity contribution is 7.91. The molecule has 0 aliphatic carbocycles. The predicted molar refractivity (Wildman–Crippen MR) is 178 cm³/mol. The molecule has 3 N–H and O–H groups in total. The van der Waals surface area contributed by atoms with Gasteiger partial charge in [0.15, 0.2) is 0 Å². The van der Waals surface area contributed by atoms with Gasteiger partial charge in [0.05, 0.1) is 30.8 Å². The molecule has 3 aromatic carbocycles. The zero-order valence-corrected chi connectivity index (χ0v) is 27.6. The third-order valence-electron chi connectivity index (χ3n) is 7.48. The molecule has 0 atom stereocenters. The third-order valence-corrected chi connectivity index (χ3v) is 11.2. The fraction of sp³-hybridized carbons (Fsp3) is 0.219. The molecule has 2 aromatic heterocycles. The molecule has 244 valence electrons. The number of nitrogens with zero attached hydrogens (tertiary/aromatic N) is 4. The number of methoxy groups -OCH3 is 1. The number of piperidine rings is 1. The van der Waals surface area contributed by atoms with Crippen molar-refractivity contribution in [3.05, 3.63) is 112 Å². The largest absolute Gasteiger partial charge is 0.465 e. The van der Waals surface area contributed by atoms with Gasteiger partial charge in [0.2, 0.25) is 5.91 Å². The van der Waals surface area contributed by atoms with Gasteiger partial charge in [-0.3, -0.25) is 9.59 Å². The van der Waals surface area contributed by atoms with E-state index in [0.717, 1.165) is 21.7 Å². The number of carbonyl (C=O) groups is 3. The number of ether oxygens (including phenoxy) is 1. The zero-order chi connectivity index (χ0) is 33.6. The Hall–Kier alpha value is -4.63. The van der Waals surface area contributed by atoms with E-state index in [1.54, 1.807) is 83.5 Å². The lowest BCUT2D eigenvalue weighted by molar-refractivity contribution is 0.0600. The first kappa shape index (κ1) is 33.7. The van der Waals surface area contributed by atoms with Gasteiger partial charge in [-0.1, -0.05) is 35.0 Å². The summed E-state index contributed by atoms with van der Waals surface area (Å²) in [5.74, 6) is -1.08. The van der Waals surface area contributed by atoms with Crippen LogP contribution < -0.4 is 11.1 Å². The van der Waals surface area contributed by atoms with Crippen LogP contribution in [0.3, 0.4) is 0 Å². The summed E-state index contributed by atoms with van der Waals surface area (Å²) in [5.41, 5.74) is 7.76. The number of benzene rings is 3. The highest BCUT2D eigenvalue weighted by atomic mass is 35.5. The number of thiophene rings is 1. The van der Waals surface area contributed by atoms with Crippen molar-refractivity contribution in [1.82, 2.24) is 24.6 Å². The summed E-state index contributed by atoms with van der Waals surface area (Å²) < 4.78 is 34.9. The molecule has 0 radical (unpaired) electrons. The van der Waals surface area contributed by atoms with E-state index >= 15 is 0 Å². The standard InChI is InChI=1S/C25H24ClN5O5S2.C7H7NO/c1-36-25(33)17-4-8-22-21(14-17)28-29-31(22)19-10-12-30(13-11-19)38(34,35)23-9-7-20(37-23)15-27-24(32)16-2-5-18(26)6-3-16;8-7(9)6-4-2-1-3-5-6/h2-9,14,19H,10-13,15H2,1H3,(H,27,32);1-5H,(H2,8,9). The number of primary amides is 1. The van der Waals surface area contributed by atoms with Crippen molar-refractivity contribution in [3.8, 4) is 0 Å². The van der Waals surface area contributed by atoms with Crippen molar-refractivity contribution < 1.29 is 27.5 Å². The van der Waals surface area contributed by atoms with E-state index in [1.165, 1.54) is 11.4 Å². The first-order chi connectivity index (χ1) is 22.6. The van der Waals surface area contributed by atoms with Crippen LogP contribution in [0.2, 0.25) is 5.02 Å². The number of nitrogens with one attached hydrogen (secondary N) is 1. The van der Waals surface area contributed by atoms with Gasteiger partial charge in [-0.2, -0.15) is 4.31 Å². The van der Waals surface area contributed by atoms with Gasteiger partial charge in [0.1, 0.15) is 9.73 Å².